The summed E-state index contributed by atoms with van der Waals surface area (Å²) in [5.41, 5.74) is 0. The van der Waals surface area contributed by atoms with Gasteiger partial charge in [0.25, 0.3) is 0 Å². The molecule has 0 amide bonds. The zero-order chi connectivity index (χ0) is 7.61. The van der Waals surface area contributed by atoms with Crippen LogP contribution in [0, 0.1) is 0 Å². The standard InChI is InChI=1S/C6H13N3S/c1-10(2,3)6-8-4-7-5-9-6/h4H,5H2,1-3H3,(H,7,8,9). The maximum atomic E-state index is 4.15. The Morgan fingerprint density at radius 1 is 1.50 bits per heavy atom. The molecular weight excluding hydrogens is 146 g/mol. The largest absolute Gasteiger partial charge is 0.347 e. The van der Waals surface area contributed by atoms with Gasteiger partial charge in [0.1, 0.15) is 18.2 Å². The van der Waals surface area contributed by atoms with Gasteiger partial charge in [0.15, 0.2) is 0 Å². The Morgan fingerprint density at radius 3 is 2.50 bits per heavy atom. The fourth-order valence-corrected chi connectivity index (χ4v) is 1.53. The molecule has 0 spiro atoms. The topological polar surface area (TPSA) is 36.8 Å². The van der Waals surface area contributed by atoms with Crippen molar-refractivity contribution >= 4 is 21.5 Å². The van der Waals surface area contributed by atoms with Crippen molar-refractivity contribution < 1.29 is 0 Å². The summed E-state index contributed by atoms with van der Waals surface area (Å²) >= 11 is 0. The van der Waals surface area contributed by atoms with Crippen LogP contribution in [0.4, 0.5) is 0 Å². The zero-order valence-corrected chi connectivity index (χ0v) is 7.40. The second-order valence-corrected chi connectivity index (χ2v) is 6.97. The summed E-state index contributed by atoms with van der Waals surface area (Å²) in [6.45, 7) is 0.684. The maximum Gasteiger partial charge on any atom is 0.146 e. The number of hydrogen-bond donors (Lipinski definition) is 1. The lowest BCUT2D eigenvalue weighted by Gasteiger charge is -2.28. The molecule has 3 nitrogen and oxygen atoms in total. The van der Waals surface area contributed by atoms with E-state index in [9.17, 15) is 0 Å². The van der Waals surface area contributed by atoms with Gasteiger partial charge in [-0.25, -0.2) is 4.99 Å². The van der Waals surface area contributed by atoms with Crippen LogP contribution in [0.3, 0.4) is 0 Å². The molecule has 0 aromatic heterocycles. The molecule has 0 radical (unpaired) electrons. The van der Waals surface area contributed by atoms with E-state index in [2.05, 4.69) is 34.1 Å². The molecule has 0 saturated heterocycles. The smallest absolute Gasteiger partial charge is 0.146 e. The minimum atomic E-state index is -0.678. The summed E-state index contributed by atoms with van der Waals surface area (Å²) in [6, 6.07) is 0. The van der Waals surface area contributed by atoms with E-state index in [1.807, 2.05) is 0 Å². The molecule has 0 saturated carbocycles. The lowest BCUT2D eigenvalue weighted by atomic mass is 10.9. The molecule has 4 heteroatoms. The van der Waals surface area contributed by atoms with Gasteiger partial charge in [-0.15, -0.1) is 0 Å². The Bertz CT molecular complexity index is 178. The quantitative estimate of drug-likeness (QED) is 0.553. The van der Waals surface area contributed by atoms with E-state index in [0.29, 0.717) is 6.67 Å². The molecule has 0 aromatic rings. The van der Waals surface area contributed by atoms with Gasteiger partial charge in [0.05, 0.1) is 0 Å². The summed E-state index contributed by atoms with van der Waals surface area (Å²) in [7, 11) is -0.678. The van der Waals surface area contributed by atoms with Crippen LogP contribution in [-0.2, 0) is 0 Å². The molecule has 1 N–H and O–H groups in total. The van der Waals surface area contributed by atoms with Gasteiger partial charge in [-0.2, -0.15) is 10.0 Å². The van der Waals surface area contributed by atoms with Crippen molar-refractivity contribution in [2.75, 3.05) is 25.4 Å². The van der Waals surface area contributed by atoms with E-state index in [-0.39, 0.29) is 0 Å². The number of hydrogen-bond acceptors (Lipinski definition) is 3. The van der Waals surface area contributed by atoms with Crippen molar-refractivity contribution in [3.05, 3.63) is 0 Å². The van der Waals surface area contributed by atoms with Crippen LogP contribution in [0.1, 0.15) is 0 Å². The van der Waals surface area contributed by atoms with E-state index in [0.717, 1.165) is 5.17 Å². The molecular formula is C6H13N3S. The molecule has 1 aliphatic rings. The lowest BCUT2D eigenvalue weighted by Crippen LogP contribution is -2.30. The summed E-state index contributed by atoms with van der Waals surface area (Å²) < 4.78 is 0. The van der Waals surface area contributed by atoms with Gasteiger partial charge in [0.2, 0.25) is 0 Å². The van der Waals surface area contributed by atoms with Gasteiger partial charge in [-0.3, -0.25) is 4.99 Å². The Hall–Kier alpha value is -0.510. The first-order valence-electron chi connectivity index (χ1n) is 3.09. The van der Waals surface area contributed by atoms with E-state index in [1.165, 1.54) is 0 Å². The molecule has 0 bridgehead atoms. The van der Waals surface area contributed by atoms with Crippen molar-refractivity contribution in [3.63, 3.8) is 0 Å². The second kappa shape index (κ2) is 2.62. The normalized spacial score (nSPS) is 19.7. The molecule has 1 aliphatic heterocycles. The summed E-state index contributed by atoms with van der Waals surface area (Å²) in [4.78, 5) is 8.08. The summed E-state index contributed by atoms with van der Waals surface area (Å²) in [5.74, 6) is 0. The summed E-state index contributed by atoms with van der Waals surface area (Å²) in [6.07, 6.45) is 8.25. The Labute approximate surface area is 63.0 Å². The molecule has 1 rings (SSSR count). The fourth-order valence-electron chi connectivity index (χ4n) is 0.668. The average molecular weight is 159 g/mol. The number of nitrogens with zero attached hydrogens (tertiary/aromatic N) is 2. The highest BCUT2D eigenvalue weighted by atomic mass is 32.3. The Morgan fingerprint density at radius 2 is 2.20 bits per heavy atom. The first-order chi connectivity index (χ1) is 4.61. The molecule has 10 heavy (non-hydrogen) atoms. The van der Waals surface area contributed by atoms with Crippen LogP contribution < -0.4 is 5.32 Å². The first-order valence-corrected chi connectivity index (χ1v) is 5.95. The zero-order valence-electron chi connectivity index (χ0n) is 6.59. The average Bonchev–Trinajstić information content (AvgIpc) is 1.88. The Balaban J connectivity index is 2.72. The molecule has 1 heterocycles. The van der Waals surface area contributed by atoms with E-state index in [4.69, 9.17) is 0 Å². The van der Waals surface area contributed by atoms with E-state index in [1.54, 1.807) is 6.34 Å². The molecule has 0 aromatic carbocycles. The molecule has 0 fully saturated rings. The number of rotatable bonds is 0. The minimum Gasteiger partial charge on any atom is -0.347 e. The van der Waals surface area contributed by atoms with Crippen molar-refractivity contribution in [2.45, 2.75) is 0 Å². The molecule has 0 unspecified atom stereocenters. The highest BCUT2D eigenvalue weighted by Crippen LogP contribution is 2.35. The van der Waals surface area contributed by atoms with Gasteiger partial charge < -0.3 is 5.32 Å². The van der Waals surface area contributed by atoms with Crippen LogP contribution in [-0.4, -0.2) is 36.9 Å². The third kappa shape index (κ3) is 1.73. The van der Waals surface area contributed by atoms with Crippen LogP contribution in [0.2, 0.25) is 0 Å². The van der Waals surface area contributed by atoms with Gasteiger partial charge >= 0.3 is 0 Å². The third-order valence-electron chi connectivity index (χ3n) is 1.16. The third-order valence-corrected chi connectivity index (χ3v) is 2.57. The number of amidine groups is 1. The van der Waals surface area contributed by atoms with Crippen LogP contribution in [0.25, 0.3) is 0 Å². The number of aliphatic imine (C=N–C) groups is 2. The van der Waals surface area contributed by atoms with E-state index < -0.39 is 10.0 Å². The maximum absolute atomic E-state index is 4.15. The first kappa shape index (κ1) is 7.60. The second-order valence-electron chi connectivity index (χ2n) is 2.90. The predicted molar refractivity (Wildman–Crippen MR) is 49.3 cm³/mol. The molecule has 0 aliphatic carbocycles. The predicted octanol–water partition coefficient (Wildman–Crippen LogP) is 0.625. The van der Waals surface area contributed by atoms with Crippen molar-refractivity contribution in [1.29, 1.82) is 0 Å². The van der Waals surface area contributed by atoms with Gasteiger partial charge in [0, 0.05) is 0 Å². The van der Waals surface area contributed by atoms with Crippen molar-refractivity contribution in [1.82, 2.24) is 5.32 Å². The van der Waals surface area contributed by atoms with Gasteiger partial charge in [-0.1, -0.05) is 0 Å². The van der Waals surface area contributed by atoms with E-state index >= 15 is 0 Å². The fraction of sp³-hybridized carbons (Fsp3) is 0.667. The highest BCUT2D eigenvalue weighted by Gasteiger charge is 2.13. The Kier molecular flexibility index (Phi) is 1.99. The molecule has 0 atom stereocenters. The van der Waals surface area contributed by atoms with Gasteiger partial charge in [-0.05, 0) is 18.8 Å². The van der Waals surface area contributed by atoms with Crippen molar-refractivity contribution in [3.8, 4) is 0 Å². The monoisotopic (exact) mass is 159 g/mol. The van der Waals surface area contributed by atoms with Crippen LogP contribution in [0.15, 0.2) is 9.98 Å². The van der Waals surface area contributed by atoms with Crippen molar-refractivity contribution in [2.24, 2.45) is 9.98 Å². The number of nitrogens with one attached hydrogen (secondary N) is 1. The highest BCUT2D eigenvalue weighted by molar-refractivity contribution is 8.43. The van der Waals surface area contributed by atoms with Crippen LogP contribution in [0.5, 0.6) is 0 Å². The SMILES string of the molecule is CS(C)(C)C1=NC=NCN1. The van der Waals surface area contributed by atoms with Crippen LogP contribution >= 0.6 is 10.0 Å². The summed E-state index contributed by atoms with van der Waals surface area (Å²) in [5, 5.41) is 4.25. The minimum absolute atomic E-state index is 0.678. The molecule has 58 valence electrons. The lowest BCUT2D eigenvalue weighted by molar-refractivity contribution is 0.927.